The van der Waals surface area contributed by atoms with E-state index in [-0.39, 0.29) is 5.91 Å². The fourth-order valence-corrected chi connectivity index (χ4v) is 2.79. The van der Waals surface area contributed by atoms with Crippen LogP contribution < -0.4 is 20.1 Å². The number of carbonyl (C=O) groups excluding carboxylic acids is 1. The smallest absolute Gasteiger partial charge is 0.270 e. The van der Waals surface area contributed by atoms with Gasteiger partial charge in [0.15, 0.2) is 16.6 Å². The predicted octanol–water partition coefficient (Wildman–Crippen LogP) is 3.06. The molecular formula is C17H23N3O4S. The van der Waals surface area contributed by atoms with E-state index in [0.29, 0.717) is 42.1 Å². The second-order valence-electron chi connectivity index (χ2n) is 5.04. The maximum Gasteiger partial charge on any atom is 0.270 e. The summed E-state index contributed by atoms with van der Waals surface area (Å²) in [7, 11) is 3.17. The van der Waals surface area contributed by atoms with Gasteiger partial charge in [0.2, 0.25) is 0 Å². The molecule has 2 N–H and O–H groups in total. The third-order valence-electron chi connectivity index (χ3n) is 3.33. The Balaban J connectivity index is 1.91. The predicted molar refractivity (Wildman–Crippen MR) is 98.4 cm³/mol. The standard InChI is InChI=1S/C17H23N3O4S/c1-4-24-9-5-8-18-16(21)13-11-25-17(20-13)19-12-6-7-14(22-2)15(10-12)23-3/h6-7,10-11H,4-5,8-9H2,1-3H3,(H,18,21)(H,19,20). The van der Waals surface area contributed by atoms with Gasteiger partial charge < -0.3 is 24.8 Å². The quantitative estimate of drug-likeness (QED) is 0.630. The van der Waals surface area contributed by atoms with Gasteiger partial charge in [0.1, 0.15) is 5.69 Å². The topological polar surface area (TPSA) is 81.7 Å². The number of aromatic nitrogens is 1. The fourth-order valence-electron chi connectivity index (χ4n) is 2.08. The summed E-state index contributed by atoms with van der Waals surface area (Å²) in [4.78, 5) is 16.4. The van der Waals surface area contributed by atoms with E-state index in [2.05, 4.69) is 15.6 Å². The van der Waals surface area contributed by atoms with Gasteiger partial charge in [-0.1, -0.05) is 0 Å². The number of rotatable bonds is 10. The van der Waals surface area contributed by atoms with Crippen molar-refractivity contribution in [3.05, 3.63) is 29.3 Å². The van der Waals surface area contributed by atoms with Crippen LogP contribution in [-0.4, -0.2) is 44.9 Å². The van der Waals surface area contributed by atoms with Crippen molar-refractivity contribution in [1.82, 2.24) is 10.3 Å². The van der Waals surface area contributed by atoms with E-state index in [9.17, 15) is 4.79 Å². The molecule has 8 heteroatoms. The second kappa shape index (κ2) is 9.85. The molecule has 0 aliphatic heterocycles. The summed E-state index contributed by atoms with van der Waals surface area (Å²) in [5, 5.41) is 8.34. The van der Waals surface area contributed by atoms with Crippen molar-refractivity contribution < 1.29 is 19.0 Å². The molecule has 7 nitrogen and oxygen atoms in total. The molecule has 1 amide bonds. The lowest BCUT2D eigenvalue weighted by molar-refractivity contribution is 0.0940. The molecule has 1 heterocycles. The van der Waals surface area contributed by atoms with Crippen molar-refractivity contribution in [2.75, 3.05) is 39.3 Å². The number of anilines is 2. The summed E-state index contributed by atoms with van der Waals surface area (Å²) in [6.45, 7) is 3.83. The molecule has 0 atom stereocenters. The molecule has 136 valence electrons. The zero-order valence-corrected chi connectivity index (χ0v) is 15.4. The first-order valence-electron chi connectivity index (χ1n) is 7.98. The van der Waals surface area contributed by atoms with E-state index in [1.807, 2.05) is 19.1 Å². The number of ether oxygens (including phenoxy) is 3. The van der Waals surface area contributed by atoms with Gasteiger partial charge in [-0.2, -0.15) is 0 Å². The lowest BCUT2D eigenvalue weighted by Gasteiger charge is -2.09. The number of thiazole rings is 1. The van der Waals surface area contributed by atoms with Crippen LogP contribution in [0.3, 0.4) is 0 Å². The van der Waals surface area contributed by atoms with Crippen LogP contribution in [0.25, 0.3) is 0 Å². The third kappa shape index (κ3) is 5.61. The normalized spacial score (nSPS) is 10.4. The van der Waals surface area contributed by atoms with Crippen LogP contribution in [0.15, 0.2) is 23.6 Å². The van der Waals surface area contributed by atoms with E-state index < -0.39 is 0 Å². The minimum atomic E-state index is -0.187. The van der Waals surface area contributed by atoms with Crippen molar-refractivity contribution in [2.24, 2.45) is 0 Å². The Morgan fingerprint density at radius 3 is 2.76 bits per heavy atom. The lowest BCUT2D eigenvalue weighted by Crippen LogP contribution is -2.25. The number of carbonyl (C=O) groups is 1. The van der Waals surface area contributed by atoms with E-state index in [0.717, 1.165) is 12.1 Å². The van der Waals surface area contributed by atoms with Gasteiger partial charge in [-0.3, -0.25) is 4.79 Å². The van der Waals surface area contributed by atoms with Gasteiger partial charge >= 0.3 is 0 Å². The monoisotopic (exact) mass is 365 g/mol. The number of amides is 1. The first-order chi connectivity index (χ1) is 12.2. The molecule has 2 aromatic rings. The maximum absolute atomic E-state index is 12.1. The largest absolute Gasteiger partial charge is 0.493 e. The van der Waals surface area contributed by atoms with Crippen LogP contribution in [0.2, 0.25) is 0 Å². The van der Waals surface area contributed by atoms with Crippen molar-refractivity contribution in [3.63, 3.8) is 0 Å². The van der Waals surface area contributed by atoms with Gasteiger partial charge in [-0.05, 0) is 25.5 Å². The van der Waals surface area contributed by atoms with Crippen LogP contribution in [-0.2, 0) is 4.74 Å². The molecule has 1 aromatic heterocycles. The van der Waals surface area contributed by atoms with E-state index >= 15 is 0 Å². The molecular weight excluding hydrogens is 342 g/mol. The number of nitrogens with zero attached hydrogens (tertiary/aromatic N) is 1. The fraction of sp³-hybridized carbons (Fsp3) is 0.412. The first kappa shape index (κ1) is 19.0. The number of methoxy groups -OCH3 is 2. The SMILES string of the molecule is CCOCCCNC(=O)c1csc(Nc2ccc(OC)c(OC)c2)n1. The maximum atomic E-state index is 12.1. The molecule has 0 aliphatic carbocycles. The molecule has 0 spiro atoms. The van der Waals surface area contributed by atoms with Crippen LogP contribution in [0.5, 0.6) is 11.5 Å². The van der Waals surface area contributed by atoms with Gasteiger partial charge in [0, 0.05) is 36.9 Å². The molecule has 2 rings (SSSR count). The molecule has 0 fully saturated rings. The van der Waals surface area contributed by atoms with E-state index in [1.165, 1.54) is 11.3 Å². The van der Waals surface area contributed by atoms with Gasteiger partial charge in [0.05, 0.1) is 14.2 Å². The summed E-state index contributed by atoms with van der Waals surface area (Å²) in [6.07, 6.45) is 0.778. The summed E-state index contributed by atoms with van der Waals surface area (Å²) in [5.41, 5.74) is 1.19. The molecule has 0 radical (unpaired) electrons. The lowest BCUT2D eigenvalue weighted by atomic mass is 10.3. The van der Waals surface area contributed by atoms with Gasteiger partial charge in [-0.15, -0.1) is 11.3 Å². The van der Waals surface area contributed by atoms with Crippen molar-refractivity contribution in [2.45, 2.75) is 13.3 Å². The summed E-state index contributed by atoms with van der Waals surface area (Å²) in [6, 6.07) is 5.48. The second-order valence-corrected chi connectivity index (χ2v) is 5.90. The zero-order valence-electron chi connectivity index (χ0n) is 14.6. The summed E-state index contributed by atoms with van der Waals surface area (Å²) < 4.78 is 15.7. The highest BCUT2D eigenvalue weighted by Gasteiger charge is 2.11. The molecule has 0 aliphatic rings. The average molecular weight is 365 g/mol. The summed E-state index contributed by atoms with van der Waals surface area (Å²) >= 11 is 1.36. The van der Waals surface area contributed by atoms with Crippen molar-refractivity contribution in [3.8, 4) is 11.5 Å². The summed E-state index contributed by atoms with van der Waals surface area (Å²) in [5.74, 6) is 1.09. The Morgan fingerprint density at radius 1 is 1.24 bits per heavy atom. The highest BCUT2D eigenvalue weighted by atomic mass is 32.1. The molecule has 0 saturated heterocycles. The van der Waals surface area contributed by atoms with Crippen LogP contribution in [0.4, 0.5) is 10.8 Å². The third-order valence-corrected chi connectivity index (χ3v) is 4.08. The number of hydrogen-bond acceptors (Lipinski definition) is 7. The van der Waals surface area contributed by atoms with Gasteiger partial charge in [0.25, 0.3) is 5.91 Å². The zero-order chi connectivity index (χ0) is 18.1. The highest BCUT2D eigenvalue weighted by Crippen LogP contribution is 2.31. The highest BCUT2D eigenvalue weighted by molar-refractivity contribution is 7.14. The number of benzene rings is 1. The van der Waals surface area contributed by atoms with Crippen molar-refractivity contribution in [1.29, 1.82) is 0 Å². The van der Waals surface area contributed by atoms with Gasteiger partial charge in [-0.25, -0.2) is 4.98 Å². The molecule has 1 aromatic carbocycles. The Kier molecular flexibility index (Phi) is 7.49. The Morgan fingerprint density at radius 2 is 2.04 bits per heavy atom. The van der Waals surface area contributed by atoms with Crippen LogP contribution in [0, 0.1) is 0 Å². The molecule has 0 bridgehead atoms. The number of hydrogen-bond donors (Lipinski definition) is 2. The van der Waals surface area contributed by atoms with E-state index in [4.69, 9.17) is 14.2 Å². The number of nitrogens with one attached hydrogen (secondary N) is 2. The molecule has 0 saturated carbocycles. The van der Waals surface area contributed by atoms with Crippen molar-refractivity contribution >= 4 is 28.1 Å². The van der Waals surface area contributed by atoms with Crippen LogP contribution in [0.1, 0.15) is 23.8 Å². The Bertz CT molecular complexity index is 690. The first-order valence-corrected chi connectivity index (χ1v) is 8.86. The Hall–Kier alpha value is -2.32. The molecule has 25 heavy (non-hydrogen) atoms. The Labute approximate surface area is 151 Å². The minimum Gasteiger partial charge on any atom is -0.493 e. The molecule has 0 unspecified atom stereocenters. The van der Waals surface area contributed by atoms with Crippen LogP contribution >= 0.6 is 11.3 Å². The minimum absolute atomic E-state index is 0.187. The average Bonchev–Trinajstić information content (AvgIpc) is 3.09. The van der Waals surface area contributed by atoms with E-state index in [1.54, 1.807) is 25.7 Å².